The Bertz CT molecular complexity index is 192. The van der Waals surface area contributed by atoms with E-state index in [2.05, 4.69) is 38.7 Å². The highest BCUT2D eigenvalue weighted by atomic mass is 14.1. The molecule has 0 atom stereocenters. The summed E-state index contributed by atoms with van der Waals surface area (Å²) in [5.74, 6) is 0.879. The average Bonchev–Trinajstić information content (AvgIpc) is 2.23. The molecule has 0 unspecified atom stereocenters. The van der Waals surface area contributed by atoms with E-state index in [0.717, 1.165) is 5.92 Å². The second kappa shape index (κ2) is 8.80. The fourth-order valence-electron chi connectivity index (χ4n) is 1.54. The summed E-state index contributed by atoms with van der Waals surface area (Å²) in [5.41, 5.74) is 1.36. The Labute approximate surface area is 89.4 Å². The zero-order valence-corrected chi connectivity index (χ0v) is 9.92. The standard InChI is InChI=1S/C14H24/c1-5-9-10-14(8-4)12-11-13(6-2)7-3/h5,8-10,13H,4,6-7,11-12H2,1-3H3/b9-5+,14-10+. The number of rotatable bonds is 7. The van der Waals surface area contributed by atoms with Crippen LogP contribution in [0.15, 0.2) is 36.5 Å². The lowest BCUT2D eigenvalue weighted by atomic mass is 9.95. The summed E-state index contributed by atoms with van der Waals surface area (Å²) in [4.78, 5) is 0. The second-order valence-electron chi connectivity index (χ2n) is 3.69. The molecule has 0 saturated carbocycles. The number of hydrogen-bond donors (Lipinski definition) is 0. The van der Waals surface area contributed by atoms with Gasteiger partial charge in [0.2, 0.25) is 0 Å². The zero-order chi connectivity index (χ0) is 10.8. The van der Waals surface area contributed by atoms with Crippen LogP contribution in [0.3, 0.4) is 0 Å². The summed E-state index contributed by atoms with van der Waals surface area (Å²) >= 11 is 0. The van der Waals surface area contributed by atoms with E-state index in [1.807, 2.05) is 13.0 Å². The van der Waals surface area contributed by atoms with E-state index in [1.165, 1.54) is 31.3 Å². The number of allylic oxidation sites excluding steroid dienone is 5. The van der Waals surface area contributed by atoms with Gasteiger partial charge in [0.05, 0.1) is 0 Å². The van der Waals surface area contributed by atoms with Crippen LogP contribution in [-0.4, -0.2) is 0 Å². The van der Waals surface area contributed by atoms with E-state index in [4.69, 9.17) is 0 Å². The third-order valence-electron chi connectivity index (χ3n) is 2.76. The van der Waals surface area contributed by atoms with Crippen molar-refractivity contribution in [2.24, 2.45) is 5.92 Å². The van der Waals surface area contributed by atoms with Gasteiger partial charge in [0.15, 0.2) is 0 Å². The van der Waals surface area contributed by atoms with Gasteiger partial charge in [-0.05, 0) is 31.3 Å². The van der Waals surface area contributed by atoms with Crippen molar-refractivity contribution in [3.8, 4) is 0 Å². The van der Waals surface area contributed by atoms with Crippen molar-refractivity contribution in [2.75, 3.05) is 0 Å². The molecule has 0 heterocycles. The van der Waals surface area contributed by atoms with E-state index in [0.29, 0.717) is 0 Å². The van der Waals surface area contributed by atoms with Crippen molar-refractivity contribution in [2.45, 2.75) is 46.5 Å². The fraction of sp³-hybridized carbons (Fsp3) is 0.571. The highest BCUT2D eigenvalue weighted by Crippen LogP contribution is 2.18. The minimum absolute atomic E-state index is 0.879. The first-order chi connectivity index (χ1) is 6.78. The van der Waals surface area contributed by atoms with Crippen LogP contribution in [0, 0.1) is 5.92 Å². The van der Waals surface area contributed by atoms with Crippen molar-refractivity contribution in [1.29, 1.82) is 0 Å². The topological polar surface area (TPSA) is 0 Å². The molecule has 0 N–H and O–H groups in total. The van der Waals surface area contributed by atoms with Crippen LogP contribution in [0.4, 0.5) is 0 Å². The lowest BCUT2D eigenvalue weighted by molar-refractivity contribution is 0.457. The summed E-state index contributed by atoms with van der Waals surface area (Å²) in [6, 6.07) is 0. The van der Waals surface area contributed by atoms with Crippen LogP contribution >= 0.6 is 0 Å². The van der Waals surface area contributed by atoms with E-state index in [1.54, 1.807) is 0 Å². The SMILES string of the molecule is C=C/C(=C\C=C\C)CCC(CC)CC. The van der Waals surface area contributed by atoms with Crippen molar-refractivity contribution in [3.05, 3.63) is 36.5 Å². The molecule has 0 aromatic carbocycles. The monoisotopic (exact) mass is 192 g/mol. The van der Waals surface area contributed by atoms with Gasteiger partial charge in [0, 0.05) is 0 Å². The predicted octanol–water partition coefficient (Wildman–Crippen LogP) is 4.89. The molecule has 0 bridgehead atoms. The van der Waals surface area contributed by atoms with Gasteiger partial charge in [-0.1, -0.05) is 57.6 Å². The maximum Gasteiger partial charge on any atom is -0.0276 e. The van der Waals surface area contributed by atoms with Crippen LogP contribution in [0.2, 0.25) is 0 Å². The summed E-state index contributed by atoms with van der Waals surface area (Å²) in [7, 11) is 0. The van der Waals surface area contributed by atoms with Crippen LogP contribution in [0.5, 0.6) is 0 Å². The minimum Gasteiger partial charge on any atom is -0.0988 e. The molecule has 0 aliphatic heterocycles. The summed E-state index contributed by atoms with van der Waals surface area (Å²) in [5, 5.41) is 0. The Morgan fingerprint density at radius 2 is 1.93 bits per heavy atom. The third kappa shape index (κ3) is 5.80. The maximum atomic E-state index is 3.84. The fourth-order valence-corrected chi connectivity index (χ4v) is 1.54. The van der Waals surface area contributed by atoms with Crippen molar-refractivity contribution >= 4 is 0 Å². The quantitative estimate of drug-likeness (QED) is 0.504. The molecule has 0 aromatic heterocycles. The molecule has 14 heavy (non-hydrogen) atoms. The molecule has 0 aliphatic rings. The molecule has 0 aromatic rings. The Kier molecular flexibility index (Phi) is 8.31. The predicted molar refractivity (Wildman–Crippen MR) is 66.4 cm³/mol. The maximum absolute atomic E-state index is 3.84. The van der Waals surface area contributed by atoms with Crippen LogP contribution in [0.25, 0.3) is 0 Å². The molecule has 0 aliphatic carbocycles. The van der Waals surface area contributed by atoms with Crippen molar-refractivity contribution < 1.29 is 0 Å². The molecule has 0 radical (unpaired) electrons. The van der Waals surface area contributed by atoms with Gasteiger partial charge in [-0.25, -0.2) is 0 Å². The molecule has 0 spiro atoms. The van der Waals surface area contributed by atoms with E-state index in [9.17, 15) is 0 Å². The molecule has 80 valence electrons. The molecule has 0 nitrogen and oxygen atoms in total. The van der Waals surface area contributed by atoms with E-state index in [-0.39, 0.29) is 0 Å². The molecule has 0 fully saturated rings. The first-order valence-corrected chi connectivity index (χ1v) is 5.72. The first kappa shape index (κ1) is 13.2. The summed E-state index contributed by atoms with van der Waals surface area (Å²) < 4.78 is 0. The Hall–Kier alpha value is -0.780. The first-order valence-electron chi connectivity index (χ1n) is 5.72. The smallest absolute Gasteiger partial charge is 0.0276 e. The largest absolute Gasteiger partial charge is 0.0988 e. The normalized spacial score (nSPS) is 12.7. The van der Waals surface area contributed by atoms with Crippen LogP contribution in [-0.2, 0) is 0 Å². The minimum atomic E-state index is 0.879. The van der Waals surface area contributed by atoms with E-state index >= 15 is 0 Å². The lowest BCUT2D eigenvalue weighted by Gasteiger charge is -2.11. The van der Waals surface area contributed by atoms with Gasteiger partial charge in [0.25, 0.3) is 0 Å². The highest BCUT2D eigenvalue weighted by Gasteiger charge is 2.03. The van der Waals surface area contributed by atoms with Crippen LogP contribution in [0.1, 0.15) is 46.5 Å². The van der Waals surface area contributed by atoms with Crippen molar-refractivity contribution in [3.63, 3.8) is 0 Å². The van der Waals surface area contributed by atoms with Gasteiger partial charge in [0.1, 0.15) is 0 Å². The lowest BCUT2D eigenvalue weighted by Crippen LogP contribution is -1.96. The second-order valence-corrected chi connectivity index (χ2v) is 3.69. The number of hydrogen-bond acceptors (Lipinski definition) is 0. The van der Waals surface area contributed by atoms with Gasteiger partial charge in [-0.15, -0.1) is 0 Å². The third-order valence-corrected chi connectivity index (χ3v) is 2.76. The van der Waals surface area contributed by atoms with Gasteiger partial charge < -0.3 is 0 Å². The van der Waals surface area contributed by atoms with Gasteiger partial charge in [-0.2, -0.15) is 0 Å². The molecule has 0 rings (SSSR count). The summed E-state index contributed by atoms with van der Waals surface area (Å²) in [6.07, 6.45) is 13.3. The molecular formula is C14H24. The van der Waals surface area contributed by atoms with Crippen molar-refractivity contribution in [1.82, 2.24) is 0 Å². The molecule has 0 amide bonds. The Morgan fingerprint density at radius 3 is 2.36 bits per heavy atom. The summed E-state index contributed by atoms with van der Waals surface area (Å²) in [6.45, 7) is 10.4. The Morgan fingerprint density at radius 1 is 1.29 bits per heavy atom. The van der Waals surface area contributed by atoms with Gasteiger partial charge in [-0.3, -0.25) is 0 Å². The highest BCUT2D eigenvalue weighted by molar-refractivity contribution is 5.21. The van der Waals surface area contributed by atoms with Crippen LogP contribution < -0.4 is 0 Å². The molecule has 0 heteroatoms. The van der Waals surface area contributed by atoms with Gasteiger partial charge >= 0.3 is 0 Å². The molecular weight excluding hydrogens is 168 g/mol. The zero-order valence-electron chi connectivity index (χ0n) is 9.92. The Balaban J connectivity index is 4.00. The molecule has 0 saturated heterocycles. The van der Waals surface area contributed by atoms with E-state index < -0.39 is 0 Å². The average molecular weight is 192 g/mol.